The van der Waals surface area contributed by atoms with E-state index < -0.39 is 53.0 Å². The second-order valence-corrected chi connectivity index (χ2v) is 39.9. The van der Waals surface area contributed by atoms with Gasteiger partial charge < -0.3 is 29.2 Å². The fourth-order valence-electron chi connectivity index (χ4n) is 16.9. The number of carboxylic acids is 2. The number of aliphatic imine (C=N–C) groups is 1. The molecule has 4 atom stereocenters. The van der Waals surface area contributed by atoms with Gasteiger partial charge in [-0.3, -0.25) is 24.6 Å². The molecular formula is C104H97Cl3N11O9S3+. The molecule has 0 spiro atoms. The lowest BCUT2D eigenvalue weighted by Crippen LogP contribution is -2.29. The van der Waals surface area contributed by atoms with Crippen molar-refractivity contribution < 1.29 is 48.2 Å². The fourth-order valence-corrected chi connectivity index (χ4v) is 20.6. The van der Waals surface area contributed by atoms with E-state index in [2.05, 4.69) is 95.7 Å². The highest BCUT2D eigenvalue weighted by molar-refractivity contribution is 7.23. The Morgan fingerprint density at radius 2 is 0.915 bits per heavy atom. The number of carbonyl (C=O) groups excluding carboxylic acids is 1. The van der Waals surface area contributed by atoms with Crippen molar-refractivity contribution in [3.8, 4) is 87.6 Å². The van der Waals surface area contributed by atoms with Gasteiger partial charge in [-0.15, -0.1) is 34.0 Å². The molecule has 26 heteroatoms. The Bertz CT molecular complexity index is 7210. The molecule has 2 aliphatic heterocycles. The predicted molar refractivity (Wildman–Crippen MR) is 528 cm³/mol. The van der Waals surface area contributed by atoms with Crippen LogP contribution in [0.3, 0.4) is 0 Å². The second-order valence-electron chi connectivity index (χ2n) is 35.6. The second kappa shape index (κ2) is 36.7. The smallest absolute Gasteiger partial charge is 0.339 e. The van der Waals surface area contributed by atoms with Crippen molar-refractivity contribution in [3.05, 3.63) is 271 Å². The van der Waals surface area contributed by atoms with E-state index in [0.29, 0.717) is 26.2 Å². The topological polar surface area (TPSA) is 251 Å². The first-order valence-electron chi connectivity index (χ1n) is 42.6. The number of hydrazone groups is 1. The van der Waals surface area contributed by atoms with Crippen molar-refractivity contribution in [1.29, 1.82) is 0 Å². The molecule has 7 aromatic heterocycles. The largest absolute Gasteiger partial charge is 0.479 e. The maximum absolute atomic E-state index is 13.4. The molecule has 1 unspecified atom stereocenters. The van der Waals surface area contributed by atoms with Crippen LogP contribution in [0.2, 0.25) is 15.1 Å². The molecule has 3 aliphatic rings. The minimum atomic E-state index is -1.17. The third-order valence-corrected chi connectivity index (χ3v) is 26.5. The quantitative estimate of drug-likeness (QED) is 0.0564. The van der Waals surface area contributed by atoms with Crippen molar-refractivity contribution >= 4 is 152 Å². The molecule has 18 rings (SSSR count). The lowest BCUT2D eigenvalue weighted by Gasteiger charge is -2.29. The number of halogens is 3. The summed E-state index contributed by atoms with van der Waals surface area (Å²) in [6.07, 6.45) is 12.4. The van der Waals surface area contributed by atoms with E-state index in [1.54, 1.807) is 24.5 Å². The number of esters is 1. The van der Waals surface area contributed by atoms with Gasteiger partial charge in [0.15, 0.2) is 31.6 Å². The monoisotopic (exact) mass is 1840 g/mol. The lowest BCUT2D eigenvalue weighted by molar-refractivity contribution is -0.495. The molecule has 0 fully saturated rings. The van der Waals surface area contributed by atoms with Crippen LogP contribution in [0.15, 0.2) is 204 Å². The van der Waals surface area contributed by atoms with Gasteiger partial charge in [0.05, 0.1) is 89.4 Å². The van der Waals surface area contributed by atoms with Gasteiger partial charge in [-0.1, -0.05) is 82.0 Å². The molecule has 0 amide bonds. The van der Waals surface area contributed by atoms with Crippen molar-refractivity contribution in [2.75, 3.05) is 13.7 Å². The third-order valence-electron chi connectivity index (χ3n) is 22.3. The molecule has 660 valence electrons. The number of benzene rings is 8. The van der Waals surface area contributed by atoms with Crippen LogP contribution < -0.4 is 0 Å². The van der Waals surface area contributed by atoms with Crippen LogP contribution in [0.25, 0.3) is 135 Å². The van der Waals surface area contributed by atoms with E-state index in [4.69, 9.17) is 78.7 Å². The minimum Gasteiger partial charge on any atom is -0.479 e. The highest BCUT2D eigenvalue weighted by Crippen LogP contribution is 2.50. The van der Waals surface area contributed by atoms with E-state index in [0.717, 1.165) is 192 Å². The molecule has 0 saturated heterocycles. The van der Waals surface area contributed by atoms with E-state index in [9.17, 15) is 24.6 Å². The van der Waals surface area contributed by atoms with Gasteiger partial charge >= 0.3 is 17.9 Å². The van der Waals surface area contributed by atoms with E-state index in [1.807, 2.05) is 247 Å². The Morgan fingerprint density at radius 1 is 0.508 bits per heavy atom. The number of nitrogens with zero attached hydrogens (tertiary/aromatic N) is 11. The average Bonchev–Trinajstić information content (AvgIpc) is 1.53. The van der Waals surface area contributed by atoms with Crippen LogP contribution in [0, 0.1) is 40.5 Å². The number of thiazole rings is 3. The van der Waals surface area contributed by atoms with E-state index in [-0.39, 0.29) is 12.5 Å². The molecule has 20 nitrogen and oxygen atoms in total. The number of allylic oxidation sites excluding steroid dienone is 4. The van der Waals surface area contributed by atoms with E-state index >= 15 is 0 Å². The van der Waals surface area contributed by atoms with Gasteiger partial charge in [0.25, 0.3) is 0 Å². The first-order valence-corrected chi connectivity index (χ1v) is 46.2. The number of carboxylic acid groups (broad SMARTS) is 2. The zero-order chi connectivity index (χ0) is 92.4. The summed E-state index contributed by atoms with van der Waals surface area (Å²) < 4.78 is 30.7. The standard InChI is InChI=1S/C36H34ClN3O3S.2C34H31ClN4O3S/c1-7-42-35(41)32(43-36(4,5)6)30-21(3)15-29-33(31(30)22-8-10-26(37)11-9-22)44-34(40-29)23-12-13-39-28(17-23)24-14-20(2)27-19-38-18-25(27)16-24;1-18-14-26-31(28(20-7-9-24(35)10-8-20)27(18)30(33(40)41)42-34(3,4)5)43-32(37-26)21-11-12-36-25(16-21)22-13-19(2)29-23(15-22)17-39(6)38-29;1-18-14-26-31(28(20-7-9-24(35)10-8-20)27(18)30(33(40)41)42-34(3,4)5)43-32(38-26)21-11-12-36-25(16-21)22-13-19(2)29-23(15-22)17-37-39(29)6/h8-18,32H,7,19H2,1-6H3;7-17,23,30H,1-6H3;7-17,30H,1-6H3,(H,40,41)/p+1/t32-;23?,30-;30-/m000/s1. The van der Waals surface area contributed by atoms with Crippen LogP contribution in [-0.2, 0) is 46.9 Å². The molecule has 1 aliphatic carbocycles. The Labute approximate surface area is 781 Å². The molecular weight excluding hydrogens is 1750 g/mol. The maximum Gasteiger partial charge on any atom is 0.339 e. The molecule has 15 aromatic rings. The first-order chi connectivity index (χ1) is 61.8. The van der Waals surface area contributed by atoms with Gasteiger partial charge in [-0.25, -0.2) is 29.3 Å². The number of ether oxygens (including phenoxy) is 4. The number of aryl methyl sites for hydroxylation is 6. The maximum atomic E-state index is 13.4. The number of fused-ring (bicyclic) bond motifs is 6. The van der Waals surface area contributed by atoms with Crippen LogP contribution in [-0.4, -0.2) is 121 Å². The zero-order valence-electron chi connectivity index (χ0n) is 75.3. The van der Waals surface area contributed by atoms with Gasteiger partial charge in [0.1, 0.15) is 26.7 Å². The lowest BCUT2D eigenvalue weighted by atomic mass is 9.89. The molecule has 0 saturated carbocycles. The number of carbonyl (C=O) groups is 3. The number of rotatable bonds is 19. The highest BCUT2D eigenvalue weighted by atomic mass is 35.5. The summed E-state index contributed by atoms with van der Waals surface area (Å²) >= 11 is 23.4. The van der Waals surface area contributed by atoms with Crippen molar-refractivity contribution in [3.63, 3.8) is 0 Å². The fraction of sp³-hybridized carbons (Fsp3) is 0.260. The Hall–Kier alpha value is -12.0. The number of hydrogen-bond acceptors (Lipinski definition) is 19. The van der Waals surface area contributed by atoms with Crippen LogP contribution in [0.4, 0.5) is 0 Å². The normalized spacial score (nSPS) is 14.4. The molecule has 0 radical (unpaired) electrons. The van der Waals surface area contributed by atoms with Crippen molar-refractivity contribution in [2.24, 2.45) is 23.1 Å². The number of pyridine rings is 3. The summed E-state index contributed by atoms with van der Waals surface area (Å²) in [5, 5.41) is 35.1. The summed E-state index contributed by atoms with van der Waals surface area (Å²) in [5.74, 6) is -2.38. The zero-order valence-corrected chi connectivity index (χ0v) is 80.0. The number of aliphatic carboxylic acids is 2. The van der Waals surface area contributed by atoms with Crippen LogP contribution >= 0.6 is 68.8 Å². The van der Waals surface area contributed by atoms with Crippen molar-refractivity contribution in [1.82, 2.24) is 39.7 Å². The third kappa shape index (κ3) is 19.4. The molecule has 8 aromatic carbocycles. The Morgan fingerprint density at radius 3 is 1.35 bits per heavy atom. The summed E-state index contributed by atoms with van der Waals surface area (Å²) in [5.41, 5.74) is 26.6. The van der Waals surface area contributed by atoms with Crippen LogP contribution in [0.1, 0.15) is 156 Å². The number of hydrogen-bond donors (Lipinski definition) is 2. The summed E-state index contributed by atoms with van der Waals surface area (Å²) in [7, 11) is 3.89. The average molecular weight is 1850 g/mol. The highest BCUT2D eigenvalue weighted by Gasteiger charge is 2.38. The SMILES string of the molecule is CC1=CC(c2cc(-c3nc4cc(C)c([C@H](OC(C)(C)C)C(=O)O)c(-c5ccc(Cl)cc5)c4s3)ccn2)=CC2C=[N+](C)N=C12.CCOC(=O)[C@@H](OC(C)(C)C)c1c(C)cc2nc(-c3ccnc(-c4cc(C)c5c(c4)C=NC5)c3)sc2c1-c1ccc(Cl)cc1.Cc1cc2nc(-c3ccnc(-c4cc(C)c5c(cnn5C)c4)c3)sc2c(-c2ccc(Cl)cc2)c1[C@H](OC(C)(C)C)C(=O)O. The molecule has 130 heavy (non-hydrogen) atoms. The van der Waals surface area contributed by atoms with Gasteiger partial charge in [-0.2, -0.15) is 5.10 Å². The van der Waals surface area contributed by atoms with Gasteiger partial charge in [0, 0.05) is 114 Å². The predicted octanol–water partition coefficient (Wildman–Crippen LogP) is 26.1. The van der Waals surface area contributed by atoms with Crippen molar-refractivity contribution in [2.45, 2.75) is 152 Å². The Kier molecular flexibility index (Phi) is 25.8. The molecule has 2 N–H and O–H groups in total. The summed E-state index contributed by atoms with van der Waals surface area (Å²) in [4.78, 5) is 72.4. The molecule has 0 bridgehead atoms. The van der Waals surface area contributed by atoms with Gasteiger partial charge in [0.2, 0.25) is 0 Å². The number of aromatic nitrogens is 8. The minimum absolute atomic E-state index is 0.124. The summed E-state index contributed by atoms with van der Waals surface area (Å²) in [6.45, 7) is 31.9. The molecule has 9 heterocycles. The Balaban J connectivity index is 0.000000143. The summed E-state index contributed by atoms with van der Waals surface area (Å²) in [6, 6.07) is 49.2. The van der Waals surface area contributed by atoms with E-state index in [1.165, 1.54) is 33.8 Å². The van der Waals surface area contributed by atoms with Gasteiger partial charge in [-0.05, 0) is 304 Å². The first kappa shape index (κ1) is 91.3. The van der Waals surface area contributed by atoms with Crippen LogP contribution in [0.5, 0.6) is 0 Å².